The van der Waals surface area contributed by atoms with E-state index in [1.165, 1.54) is 12.3 Å². The Morgan fingerprint density at radius 1 is 1.67 bits per heavy atom. The van der Waals surface area contributed by atoms with Gasteiger partial charge >= 0.3 is 0 Å². The molecular formula is C11H12BrClN2O2S. The first kappa shape index (κ1) is 15.4. The summed E-state index contributed by atoms with van der Waals surface area (Å²) in [4.78, 5) is 3.68. The van der Waals surface area contributed by atoms with Crippen molar-refractivity contribution >= 4 is 37.6 Å². The van der Waals surface area contributed by atoms with Gasteiger partial charge in [0.2, 0.25) is 10.0 Å². The molecule has 0 radical (unpaired) electrons. The fourth-order valence-electron chi connectivity index (χ4n) is 1.31. The molecule has 0 saturated carbocycles. The maximum atomic E-state index is 12.1. The fraction of sp³-hybridized carbons (Fsp3) is 0.364. The van der Waals surface area contributed by atoms with E-state index in [0.29, 0.717) is 10.9 Å². The molecule has 1 atom stereocenters. The van der Waals surface area contributed by atoms with Gasteiger partial charge in [-0.25, -0.2) is 13.4 Å². The molecule has 1 rings (SSSR count). The van der Waals surface area contributed by atoms with Crippen LogP contribution < -0.4 is 4.72 Å². The smallest absolute Gasteiger partial charge is 0.242 e. The van der Waals surface area contributed by atoms with Crippen molar-refractivity contribution in [1.82, 2.24) is 9.71 Å². The molecule has 0 aliphatic heterocycles. The molecule has 0 amide bonds. The van der Waals surface area contributed by atoms with Crippen LogP contribution in [0.1, 0.15) is 19.8 Å². The molecule has 0 saturated heterocycles. The molecule has 98 valence electrons. The van der Waals surface area contributed by atoms with Crippen molar-refractivity contribution in [3.63, 3.8) is 0 Å². The first-order chi connectivity index (χ1) is 8.40. The van der Waals surface area contributed by atoms with E-state index < -0.39 is 16.1 Å². The number of pyridine rings is 1. The molecule has 0 aliphatic carbocycles. The van der Waals surface area contributed by atoms with Gasteiger partial charge in [-0.2, -0.15) is 4.72 Å². The normalized spacial score (nSPS) is 13.0. The summed E-state index contributed by atoms with van der Waals surface area (Å²) in [6.07, 6.45) is 8.04. The zero-order valence-electron chi connectivity index (χ0n) is 9.65. The third-order valence-electron chi connectivity index (χ3n) is 2.14. The zero-order valence-corrected chi connectivity index (χ0v) is 12.8. The number of sulfonamides is 1. The lowest BCUT2D eigenvalue weighted by molar-refractivity contribution is 0.564. The molecule has 0 aliphatic rings. The summed E-state index contributed by atoms with van der Waals surface area (Å²) in [6, 6.07) is 0.840. The Kier molecular flexibility index (Phi) is 5.60. The van der Waals surface area contributed by atoms with Crippen LogP contribution in [0, 0.1) is 12.3 Å². The topological polar surface area (TPSA) is 59.1 Å². The molecule has 18 heavy (non-hydrogen) atoms. The van der Waals surface area contributed by atoms with Gasteiger partial charge in [0.05, 0.1) is 6.04 Å². The van der Waals surface area contributed by atoms with Crippen molar-refractivity contribution in [1.29, 1.82) is 0 Å². The Bertz CT molecular complexity index is 569. The molecule has 1 unspecified atom stereocenters. The van der Waals surface area contributed by atoms with Crippen LogP contribution >= 0.6 is 27.5 Å². The predicted molar refractivity (Wildman–Crippen MR) is 74.8 cm³/mol. The maximum absolute atomic E-state index is 12.1. The van der Waals surface area contributed by atoms with Gasteiger partial charge in [0, 0.05) is 10.7 Å². The highest BCUT2D eigenvalue weighted by molar-refractivity contribution is 9.10. The van der Waals surface area contributed by atoms with Gasteiger partial charge < -0.3 is 0 Å². The lowest BCUT2D eigenvalue weighted by Gasteiger charge is -2.13. The number of terminal acetylenes is 1. The van der Waals surface area contributed by atoms with E-state index in [9.17, 15) is 8.42 Å². The zero-order chi connectivity index (χ0) is 13.8. The molecule has 4 nitrogen and oxygen atoms in total. The fourth-order valence-corrected chi connectivity index (χ4v) is 3.44. The Labute approximate surface area is 120 Å². The first-order valence-electron chi connectivity index (χ1n) is 5.20. The quantitative estimate of drug-likeness (QED) is 0.655. The second-order valence-corrected chi connectivity index (χ2v) is 6.53. The van der Waals surface area contributed by atoms with Gasteiger partial charge in [0.15, 0.2) is 0 Å². The Morgan fingerprint density at radius 2 is 2.33 bits per heavy atom. The van der Waals surface area contributed by atoms with Gasteiger partial charge in [0.25, 0.3) is 0 Å². The van der Waals surface area contributed by atoms with Gasteiger partial charge in [-0.15, -0.1) is 6.42 Å². The Hall–Kier alpha value is -0.610. The molecule has 0 bridgehead atoms. The molecule has 0 spiro atoms. The van der Waals surface area contributed by atoms with Crippen LogP contribution in [0.4, 0.5) is 0 Å². The number of halogens is 2. The van der Waals surface area contributed by atoms with E-state index in [1.807, 2.05) is 6.92 Å². The van der Waals surface area contributed by atoms with Crippen molar-refractivity contribution in [2.24, 2.45) is 0 Å². The summed E-state index contributed by atoms with van der Waals surface area (Å²) >= 11 is 8.93. The number of nitrogens with zero attached hydrogens (tertiary/aromatic N) is 1. The highest BCUT2D eigenvalue weighted by atomic mass is 79.9. The number of nitrogens with one attached hydrogen (secondary N) is 1. The average Bonchev–Trinajstić information content (AvgIpc) is 2.31. The van der Waals surface area contributed by atoms with Crippen LogP contribution in [0.3, 0.4) is 0 Å². The molecule has 0 fully saturated rings. The summed E-state index contributed by atoms with van der Waals surface area (Å²) in [5.74, 6) is 2.40. The van der Waals surface area contributed by atoms with E-state index in [4.69, 9.17) is 18.0 Å². The van der Waals surface area contributed by atoms with Crippen LogP contribution in [-0.4, -0.2) is 19.4 Å². The number of hydrogen-bond donors (Lipinski definition) is 1. The second kappa shape index (κ2) is 6.53. The standard InChI is InChI=1S/C11H12BrClN2O2S/c1-3-5-9(4-2)15-18(16,17)10-6-8(12)7-14-11(10)13/h2,6-7,9,15H,3,5H2,1H3. The van der Waals surface area contributed by atoms with E-state index >= 15 is 0 Å². The van der Waals surface area contributed by atoms with Crippen molar-refractivity contribution in [2.45, 2.75) is 30.7 Å². The molecular weight excluding hydrogens is 340 g/mol. The van der Waals surface area contributed by atoms with E-state index in [1.54, 1.807) is 0 Å². The molecule has 7 heteroatoms. The predicted octanol–water partition coefficient (Wildman–Crippen LogP) is 2.58. The SMILES string of the molecule is C#CC(CCC)NS(=O)(=O)c1cc(Br)cnc1Cl. The summed E-state index contributed by atoms with van der Waals surface area (Å²) in [5, 5.41) is -0.0852. The third kappa shape index (κ3) is 3.95. The first-order valence-corrected chi connectivity index (χ1v) is 7.85. The van der Waals surface area contributed by atoms with Crippen LogP contribution in [0.15, 0.2) is 21.6 Å². The van der Waals surface area contributed by atoms with E-state index in [0.717, 1.165) is 6.42 Å². The minimum atomic E-state index is -3.76. The van der Waals surface area contributed by atoms with Crippen LogP contribution in [-0.2, 0) is 10.0 Å². The molecule has 1 N–H and O–H groups in total. The lowest BCUT2D eigenvalue weighted by atomic mass is 10.2. The summed E-state index contributed by atoms with van der Waals surface area (Å²) in [7, 11) is -3.76. The maximum Gasteiger partial charge on any atom is 0.244 e. The minimum Gasteiger partial charge on any atom is -0.242 e. The Balaban J connectivity index is 3.07. The average molecular weight is 352 g/mol. The minimum absolute atomic E-state index is 0.0852. The van der Waals surface area contributed by atoms with Gasteiger partial charge in [-0.3, -0.25) is 0 Å². The summed E-state index contributed by atoms with van der Waals surface area (Å²) < 4.78 is 27.1. The number of aromatic nitrogens is 1. The van der Waals surface area contributed by atoms with Crippen molar-refractivity contribution in [3.8, 4) is 12.3 Å². The summed E-state index contributed by atoms with van der Waals surface area (Å²) in [6.45, 7) is 1.92. The monoisotopic (exact) mass is 350 g/mol. The van der Waals surface area contributed by atoms with Crippen LogP contribution in [0.5, 0.6) is 0 Å². The molecule has 1 heterocycles. The van der Waals surface area contributed by atoms with Crippen molar-refractivity contribution < 1.29 is 8.42 Å². The van der Waals surface area contributed by atoms with Crippen molar-refractivity contribution in [3.05, 3.63) is 21.9 Å². The largest absolute Gasteiger partial charge is 0.244 e. The third-order valence-corrected chi connectivity index (χ3v) is 4.47. The van der Waals surface area contributed by atoms with Gasteiger partial charge in [-0.1, -0.05) is 30.9 Å². The lowest BCUT2D eigenvalue weighted by Crippen LogP contribution is -2.33. The molecule has 1 aromatic heterocycles. The number of rotatable bonds is 5. The van der Waals surface area contributed by atoms with Crippen molar-refractivity contribution in [2.75, 3.05) is 0 Å². The van der Waals surface area contributed by atoms with Crippen LogP contribution in [0.25, 0.3) is 0 Å². The van der Waals surface area contributed by atoms with Gasteiger partial charge in [-0.05, 0) is 28.4 Å². The van der Waals surface area contributed by atoms with E-state index in [-0.39, 0.29) is 10.0 Å². The second-order valence-electron chi connectivity index (χ2n) is 3.57. The number of hydrogen-bond acceptors (Lipinski definition) is 3. The molecule has 1 aromatic rings. The molecule has 0 aromatic carbocycles. The van der Waals surface area contributed by atoms with Gasteiger partial charge in [0.1, 0.15) is 10.0 Å². The van der Waals surface area contributed by atoms with E-state index in [2.05, 4.69) is 31.6 Å². The highest BCUT2D eigenvalue weighted by Crippen LogP contribution is 2.22. The van der Waals surface area contributed by atoms with Crippen LogP contribution in [0.2, 0.25) is 5.15 Å². The Morgan fingerprint density at radius 3 is 2.89 bits per heavy atom. The summed E-state index contributed by atoms with van der Waals surface area (Å²) in [5.41, 5.74) is 0. The highest BCUT2D eigenvalue weighted by Gasteiger charge is 2.22.